The number of nitrogens with one attached hydrogen (secondary N) is 1. The Hall–Kier alpha value is -2.93. The van der Waals surface area contributed by atoms with E-state index < -0.39 is 5.97 Å². The molecule has 1 heterocycles. The number of hydrogen-bond acceptors (Lipinski definition) is 6. The Morgan fingerprint density at radius 1 is 1.08 bits per heavy atom. The number of aromatic nitrogens is 1. The molecule has 0 spiro atoms. The summed E-state index contributed by atoms with van der Waals surface area (Å²) < 4.78 is 11.1. The quantitative estimate of drug-likeness (QED) is 0.684. The minimum Gasteiger partial charge on any atom is -0.491 e. The van der Waals surface area contributed by atoms with Gasteiger partial charge in [0.05, 0.1) is 29.0 Å². The van der Waals surface area contributed by atoms with Crippen LogP contribution in [0.3, 0.4) is 0 Å². The zero-order valence-electron chi connectivity index (χ0n) is 14.6. The van der Waals surface area contributed by atoms with Crippen molar-refractivity contribution in [3.05, 3.63) is 53.6 Å². The molecule has 3 aromatic rings. The summed E-state index contributed by atoms with van der Waals surface area (Å²) in [7, 11) is 1.34. The number of anilines is 1. The molecule has 1 N–H and O–H groups in total. The highest BCUT2D eigenvalue weighted by Crippen LogP contribution is 2.27. The number of benzene rings is 2. The average Bonchev–Trinajstić information content (AvgIpc) is 3.02. The van der Waals surface area contributed by atoms with Gasteiger partial charge in [-0.05, 0) is 56.3 Å². The molecule has 0 aliphatic carbocycles. The summed E-state index contributed by atoms with van der Waals surface area (Å²) in [6.45, 7) is 3.89. The first-order valence-electron chi connectivity index (χ1n) is 8.03. The molecular weight excluding hydrogens is 352 g/mol. The van der Waals surface area contributed by atoms with Crippen LogP contribution in [-0.4, -0.2) is 30.1 Å². The first-order valence-corrected chi connectivity index (χ1v) is 8.85. The summed E-state index contributed by atoms with van der Waals surface area (Å²) in [5.41, 5.74) is 1.66. The third-order valence-corrected chi connectivity index (χ3v) is 4.45. The number of carbonyl (C=O) groups excluding carboxylic acids is 2. The van der Waals surface area contributed by atoms with Gasteiger partial charge in [-0.25, -0.2) is 9.78 Å². The number of hydrogen-bond donors (Lipinski definition) is 1. The van der Waals surface area contributed by atoms with Crippen molar-refractivity contribution in [1.29, 1.82) is 0 Å². The number of ether oxygens (including phenoxy) is 2. The van der Waals surface area contributed by atoms with Crippen LogP contribution in [0.15, 0.2) is 42.5 Å². The molecule has 0 aliphatic rings. The topological polar surface area (TPSA) is 77.5 Å². The Kier molecular flexibility index (Phi) is 5.18. The van der Waals surface area contributed by atoms with E-state index in [0.717, 1.165) is 4.70 Å². The smallest absolute Gasteiger partial charge is 0.337 e. The van der Waals surface area contributed by atoms with Crippen molar-refractivity contribution in [2.24, 2.45) is 0 Å². The molecule has 0 unspecified atom stereocenters. The number of amides is 1. The summed E-state index contributed by atoms with van der Waals surface area (Å²) in [6.07, 6.45) is 0.0762. The minimum atomic E-state index is -0.408. The van der Waals surface area contributed by atoms with Crippen LogP contribution in [-0.2, 0) is 4.74 Å². The van der Waals surface area contributed by atoms with Gasteiger partial charge in [-0.1, -0.05) is 11.3 Å². The third-order valence-electron chi connectivity index (χ3n) is 3.52. The first-order chi connectivity index (χ1) is 12.5. The Balaban J connectivity index is 1.75. The van der Waals surface area contributed by atoms with Crippen LogP contribution in [0.2, 0.25) is 0 Å². The largest absolute Gasteiger partial charge is 0.491 e. The molecule has 134 valence electrons. The number of fused-ring (bicyclic) bond motifs is 1. The molecule has 26 heavy (non-hydrogen) atoms. The second-order valence-corrected chi connectivity index (χ2v) is 6.87. The minimum absolute atomic E-state index is 0.0762. The number of methoxy groups -OCH3 is 1. The van der Waals surface area contributed by atoms with E-state index in [1.165, 1.54) is 18.4 Å². The summed E-state index contributed by atoms with van der Waals surface area (Å²) in [6, 6.07) is 12.0. The lowest BCUT2D eigenvalue weighted by atomic mass is 10.2. The normalized spacial score (nSPS) is 10.8. The molecular formula is C19H18N2O4S. The van der Waals surface area contributed by atoms with E-state index in [1.54, 1.807) is 42.5 Å². The molecule has 0 bridgehead atoms. The standard InChI is InChI=1S/C19H18N2O4S/c1-11(2)25-14-7-4-12(5-8-14)17(22)21-19-20-15-9-6-13(18(23)24-3)10-16(15)26-19/h4-11H,1-3H3,(H,20,21,22). The van der Waals surface area contributed by atoms with Crippen molar-refractivity contribution in [2.75, 3.05) is 12.4 Å². The predicted molar refractivity (Wildman–Crippen MR) is 101 cm³/mol. The monoisotopic (exact) mass is 370 g/mol. The molecule has 1 aromatic heterocycles. The zero-order valence-corrected chi connectivity index (χ0v) is 15.4. The summed E-state index contributed by atoms with van der Waals surface area (Å²) in [5.74, 6) is 0.0508. The number of carbonyl (C=O) groups is 2. The van der Waals surface area contributed by atoms with E-state index in [4.69, 9.17) is 9.47 Å². The molecule has 3 rings (SSSR count). The number of esters is 1. The molecule has 6 nitrogen and oxygen atoms in total. The number of thiazole rings is 1. The zero-order chi connectivity index (χ0) is 18.7. The van der Waals surface area contributed by atoms with Crippen molar-refractivity contribution in [1.82, 2.24) is 4.98 Å². The van der Waals surface area contributed by atoms with Crippen molar-refractivity contribution >= 4 is 38.6 Å². The van der Waals surface area contributed by atoms with E-state index in [-0.39, 0.29) is 12.0 Å². The Labute approximate surface area is 154 Å². The van der Waals surface area contributed by atoms with Crippen LogP contribution in [0.5, 0.6) is 5.75 Å². The summed E-state index contributed by atoms with van der Waals surface area (Å²) in [4.78, 5) is 28.4. The average molecular weight is 370 g/mol. The van der Waals surface area contributed by atoms with E-state index in [1.807, 2.05) is 13.8 Å². The summed E-state index contributed by atoms with van der Waals surface area (Å²) >= 11 is 1.30. The molecule has 0 radical (unpaired) electrons. The van der Waals surface area contributed by atoms with Crippen LogP contribution in [0.25, 0.3) is 10.2 Å². The van der Waals surface area contributed by atoms with Gasteiger partial charge in [0.2, 0.25) is 0 Å². The number of nitrogens with zero attached hydrogens (tertiary/aromatic N) is 1. The van der Waals surface area contributed by atoms with E-state index in [2.05, 4.69) is 10.3 Å². The van der Waals surface area contributed by atoms with Crippen LogP contribution in [0, 0.1) is 0 Å². The second kappa shape index (κ2) is 7.53. The lowest BCUT2D eigenvalue weighted by molar-refractivity contribution is 0.0601. The fraction of sp³-hybridized carbons (Fsp3) is 0.211. The van der Waals surface area contributed by atoms with Gasteiger partial charge in [0, 0.05) is 5.56 Å². The second-order valence-electron chi connectivity index (χ2n) is 5.84. The van der Waals surface area contributed by atoms with Gasteiger partial charge in [0.15, 0.2) is 5.13 Å². The predicted octanol–water partition coefficient (Wildman–Crippen LogP) is 4.12. The SMILES string of the molecule is COC(=O)c1ccc2nc(NC(=O)c3ccc(OC(C)C)cc3)sc2c1. The first kappa shape index (κ1) is 17.9. The van der Waals surface area contributed by atoms with E-state index >= 15 is 0 Å². The van der Waals surface area contributed by atoms with Crippen molar-refractivity contribution in [3.63, 3.8) is 0 Å². The van der Waals surface area contributed by atoms with Crippen LogP contribution in [0.4, 0.5) is 5.13 Å². The van der Waals surface area contributed by atoms with Gasteiger partial charge >= 0.3 is 5.97 Å². The molecule has 7 heteroatoms. The van der Waals surface area contributed by atoms with Crippen molar-refractivity contribution in [3.8, 4) is 5.75 Å². The molecule has 1 amide bonds. The molecule has 2 aromatic carbocycles. The lowest BCUT2D eigenvalue weighted by Gasteiger charge is -2.09. The maximum atomic E-state index is 12.4. The van der Waals surface area contributed by atoms with E-state index in [9.17, 15) is 9.59 Å². The highest BCUT2D eigenvalue weighted by atomic mass is 32.1. The lowest BCUT2D eigenvalue weighted by Crippen LogP contribution is -2.11. The van der Waals surface area contributed by atoms with Gasteiger partial charge in [-0.15, -0.1) is 0 Å². The molecule has 0 saturated heterocycles. The fourth-order valence-corrected chi connectivity index (χ4v) is 3.25. The number of rotatable bonds is 5. The van der Waals surface area contributed by atoms with Gasteiger partial charge in [0.25, 0.3) is 5.91 Å². The van der Waals surface area contributed by atoms with Crippen LogP contribution in [0.1, 0.15) is 34.6 Å². The Morgan fingerprint density at radius 3 is 2.42 bits per heavy atom. The molecule has 0 aliphatic heterocycles. The van der Waals surface area contributed by atoms with Crippen molar-refractivity contribution in [2.45, 2.75) is 20.0 Å². The van der Waals surface area contributed by atoms with Crippen molar-refractivity contribution < 1.29 is 19.1 Å². The van der Waals surface area contributed by atoms with Gasteiger partial charge in [-0.3, -0.25) is 10.1 Å². The maximum Gasteiger partial charge on any atom is 0.337 e. The Bertz CT molecular complexity index is 948. The maximum absolute atomic E-state index is 12.4. The van der Waals surface area contributed by atoms with Gasteiger partial charge in [-0.2, -0.15) is 0 Å². The fourth-order valence-electron chi connectivity index (χ4n) is 2.35. The molecule has 0 fully saturated rings. The Morgan fingerprint density at radius 2 is 1.77 bits per heavy atom. The van der Waals surface area contributed by atoms with Gasteiger partial charge in [0.1, 0.15) is 5.75 Å². The molecule has 0 atom stereocenters. The highest BCUT2D eigenvalue weighted by Gasteiger charge is 2.12. The van der Waals surface area contributed by atoms with Gasteiger partial charge < -0.3 is 9.47 Å². The van der Waals surface area contributed by atoms with Crippen LogP contribution < -0.4 is 10.1 Å². The van der Waals surface area contributed by atoms with E-state index in [0.29, 0.717) is 27.5 Å². The highest BCUT2D eigenvalue weighted by molar-refractivity contribution is 7.22. The molecule has 0 saturated carbocycles. The third kappa shape index (κ3) is 4.00. The summed E-state index contributed by atoms with van der Waals surface area (Å²) in [5, 5.41) is 3.25. The van der Waals surface area contributed by atoms with Crippen LogP contribution >= 0.6 is 11.3 Å².